The average Bonchev–Trinajstić information content (AvgIpc) is 2.06. The highest BCUT2D eigenvalue weighted by molar-refractivity contribution is 5.93. The molecule has 0 radical (unpaired) electrons. The molecular weight excluding hydrogens is 152 g/mol. The number of nitrogens with one attached hydrogen (secondary N) is 1. The Bertz CT molecular complexity index is 256. The third kappa shape index (κ3) is 2.36. The third-order valence-electron chi connectivity index (χ3n) is 1.49. The lowest BCUT2D eigenvalue weighted by molar-refractivity contribution is -0.396. The predicted molar refractivity (Wildman–Crippen MR) is 47.4 cm³/mol. The quantitative estimate of drug-likeness (QED) is 0.648. The predicted octanol–water partition coefficient (Wildman–Crippen LogP) is 0.255. The van der Waals surface area contributed by atoms with Gasteiger partial charge in [-0.15, -0.1) is 0 Å². The fourth-order valence-electron chi connectivity index (χ4n) is 0.787. The van der Waals surface area contributed by atoms with E-state index in [9.17, 15) is 4.79 Å². The lowest BCUT2D eigenvalue weighted by Crippen LogP contribution is -2.64. The zero-order valence-corrected chi connectivity index (χ0v) is 7.08. The lowest BCUT2D eigenvalue weighted by Gasteiger charge is -2.04. The Labute approximate surface area is 71.6 Å². The molecule has 1 aromatic rings. The molecule has 4 N–H and O–H groups in total. The minimum atomic E-state index is -0.217. The molecule has 0 spiro atoms. The van der Waals surface area contributed by atoms with Crippen molar-refractivity contribution in [3.05, 3.63) is 30.3 Å². The molecule has 0 aliphatic rings. The van der Waals surface area contributed by atoms with E-state index in [1.165, 1.54) is 0 Å². The molecule has 12 heavy (non-hydrogen) atoms. The molecule has 0 aliphatic carbocycles. The van der Waals surface area contributed by atoms with Gasteiger partial charge in [0.1, 0.15) is 0 Å². The molecule has 0 aromatic heterocycles. The van der Waals surface area contributed by atoms with Crippen LogP contribution in [-0.2, 0) is 4.79 Å². The second kappa shape index (κ2) is 3.88. The van der Waals surface area contributed by atoms with Crippen LogP contribution in [0.15, 0.2) is 30.3 Å². The Morgan fingerprint density at radius 2 is 2.00 bits per heavy atom. The van der Waals surface area contributed by atoms with Crippen LogP contribution in [0.5, 0.6) is 0 Å². The summed E-state index contributed by atoms with van der Waals surface area (Å²) in [6, 6.07) is 9.14. The molecule has 1 rings (SSSR count). The minimum absolute atomic E-state index is 0.0544. The van der Waals surface area contributed by atoms with Crippen molar-refractivity contribution in [2.75, 3.05) is 5.32 Å². The summed E-state index contributed by atoms with van der Waals surface area (Å²) < 4.78 is 0. The van der Waals surface area contributed by atoms with Crippen LogP contribution in [0.1, 0.15) is 6.92 Å². The van der Waals surface area contributed by atoms with Crippen molar-refractivity contribution in [2.24, 2.45) is 0 Å². The lowest BCUT2D eigenvalue weighted by atomic mass is 10.3. The summed E-state index contributed by atoms with van der Waals surface area (Å²) in [6.45, 7) is 1.76. The number of quaternary nitrogens is 1. The maximum absolute atomic E-state index is 11.1. The molecule has 0 saturated heterocycles. The van der Waals surface area contributed by atoms with E-state index >= 15 is 0 Å². The van der Waals surface area contributed by atoms with Gasteiger partial charge in [-0.05, 0) is 19.1 Å². The topological polar surface area (TPSA) is 56.7 Å². The van der Waals surface area contributed by atoms with Crippen LogP contribution < -0.4 is 11.1 Å². The normalized spacial score (nSPS) is 12.2. The molecule has 3 heteroatoms. The first kappa shape index (κ1) is 8.74. The summed E-state index contributed by atoms with van der Waals surface area (Å²) in [7, 11) is 0. The number of benzene rings is 1. The van der Waals surface area contributed by atoms with Crippen molar-refractivity contribution in [2.45, 2.75) is 13.0 Å². The van der Waals surface area contributed by atoms with Gasteiger partial charge >= 0.3 is 0 Å². The van der Waals surface area contributed by atoms with Gasteiger partial charge in [0.05, 0.1) is 0 Å². The van der Waals surface area contributed by atoms with Gasteiger partial charge in [0.15, 0.2) is 6.04 Å². The molecular formula is C9H13N2O+. The van der Waals surface area contributed by atoms with Gasteiger partial charge in [-0.3, -0.25) is 4.79 Å². The molecule has 0 heterocycles. The molecule has 1 amide bonds. The van der Waals surface area contributed by atoms with Crippen molar-refractivity contribution in [1.29, 1.82) is 0 Å². The van der Waals surface area contributed by atoms with Crippen LogP contribution in [0, 0.1) is 0 Å². The molecule has 0 fully saturated rings. The van der Waals surface area contributed by atoms with Gasteiger partial charge in [-0.1, -0.05) is 18.2 Å². The van der Waals surface area contributed by atoms with Gasteiger partial charge < -0.3 is 11.1 Å². The smallest absolute Gasteiger partial charge is 0.282 e. The zero-order chi connectivity index (χ0) is 8.97. The van der Waals surface area contributed by atoms with Crippen molar-refractivity contribution in [3.8, 4) is 0 Å². The highest BCUT2D eigenvalue weighted by atomic mass is 16.2. The summed E-state index contributed by atoms with van der Waals surface area (Å²) in [5, 5.41) is 2.74. The first-order valence-corrected chi connectivity index (χ1v) is 3.89. The molecule has 3 nitrogen and oxygen atoms in total. The summed E-state index contributed by atoms with van der Waals surface area (Å²) in [4.78, 5) is 11.1. The molecule has 64 valence electrons. The van der Waals surface area contributed by atoms with E-state index < -0.39 is 0 Å². The van der Waals surface area contributed by atoms with Crippen molar-refractivity contribution in [3.63, 3.8) is 0 Å². The van der Waals surface area contributed by atoms with E-state index in [4.69, 9.17) is 0 Å². The summed E-state index contributed by atoms with van der Waals surface area (Å²) >= 11 is 0. The number of hydrogen-bond donors (Lipinski definition) is 2. The van der Waals surface area contributed by atoms with Gasteiger partial charge in [0.25, 0.3) is 5.91 Å². The van der Waals surface area contributed by atoms with E-state index in [-0.39, 0.29) is 11.9 Å². The largest absolute Gasteiger partial charge is 0.348 e. The summed E-state index contributed by atoms with van der Waals surface area (Å²) in [6.07, 6.45) is 0. The number of carbonyl (C=O) groups excluding carboxylic acids is 1. The number of carbonyl (C=O) groups is 1. The van der Waals surface area contributed by atoms with Crippen LogP contribution in [0.4, 0.5) is 5.69 Å². The third-order valence-corrected chi connectivity index (χ3v) is 1.49. The van der Waals surface area contributed by atoms with Crippen LogP contribution in [0.3, 0.4) is 0 Å². The van der Waals surface area contributed by atoms with Crippen molar-refractivity contribution >= 4 is 11.6 Å². The number of rotatable bonds is 2. The zero-order valence-electron chi connectivity index (χ0n) is 7.08. The minimum Gasteiger partial charge on any atom is -0.348 e. The highest BCUT2D eigenvalue weighted by Gasteiger charge is 2.09. The van der Waals surface area contributed by atoms with Crippen LogP contribution in [0.2, 0.25) is 0 Å². The Hall–Kier alpha value is -1.35. The Kier molecular flexibility index (Phi) is 2.82. The van der Waals surface area contributed by atoms with E-state index in [1.807, 2.05) is 30.3 Å². The molecule has 0 aliphatic heterocycles. The summed E-state index contributed by atoms with van der Waals surface area (Å²) in [5.41, 5.74) is 4.44. The van der Waals surface area contributed by atoms with Crippen molar-refractivity contribution in [1.82, 2.24) is 0 Å². The number of para-hydroxylation sites is 1. The molecule has 0 saturated carbocycles. The molecule has 0 bridgehead atoms. The Morgan fingerprint density at radius 1 is 1.42 bits per heavy atom. The molecule has 1 atom stereocenters. The van der Waals surface area contributed by atoms with Crippen molar-refractivity contribution < 1.29 is 10.5 Å². The first-order valence-electron chi connectivity index (χ1n) is 3.89. The van der Waals surface area contributed by atoms with Crippen LogP contribution >= 0.6 is 0 Å². The van der Waals surface area contributed by atoms with E-state index in [0.717, 1.165) is 5.69 Å². The Morgan fingerprint density at radius 3 is 2.50 bits per heavy atom. The standard InChI is InChI=1S/C9H12N2O/c1-7(10)9(12)11-8-5-3-2-4-6-8/h2-7H,10H2,1H3,(H,11,12)/p+1/t7-/m0/s1. The Balaban J connectivity index is 2.59. The molecule has 0 unspecified atom stereocenters. The van der Waals surface area contributed by atoms with Crippen LogP contribution in [-0.4, -0.2) is 11.9 Å². The highest BCUT2D eigenvalue weighted by Crippen LogP contribution is 2.04. The fraction of sp³-hybridized carbons (Fsp3) is 0.222. The van der Waals surface area contributed by atoms with Gasteiger partial charge in [-0.2, -0.15) is 0 Å². The summed E-state index contributed by atoms with van der Waals surface area (Å²) in [5.74, 6) is -0.0544. The maximum atomic E-state index is 11.1. The van der Waals surface area contributed by atoms with Gasteiger partial charge in [0.2, 0.25) is 0 Å². The second-order valence-corrected chi connectivity index (χ2v) is 2.76. The maximum Gasteiger partial charge on any atom is 0.282 e. The molecule has 1 aromatic carbocycles. The average molecular weight is 165 g/mol. The van der Waals surface area contributed by atoms with E-state index in [2.05, 4.69) is 11.1 Å². The number of amides is 1. The van der Waals surface area contributed by atoms with Gasteiger partial charge in [-0.25, -0.2) is 0 Å². The van der Waals surface area contributed by atoms with Crippen LogP contribution in [0.25, 0.3) is 0 Å². The SMILES string of the molecule is C[C@H]([NH3+])C(=O)Nc1ccccc1. The number of hydrogen-bond acceptors (Lipinski definition) is 1. The fourth-order valence-corrected chi connectivity index (χ4v) is 0.787. The van der Waals surface area contributed by atoms with E-state index in [0.29, 0.717) is 0 Å². The monoisotopic (exact) mass is 165 g/mol. The second-order valence-electron chi connectivity index (χ2n) is 2.76. The van der Waals surface area contributed by atoms with Gasteiger partial charge in [0, 0.05) is 5.69 Å². The number of anilines is 1. The first-order chi connectivity index (χ1) is 5.70. The van der Waals surface area contributed by atoms with E-state index in [1.54, 1.807) is 6.92 Å².